The fourth-order valence-corrected chi connectivity index (χ4v) is 0.673. The second-order valence-corrected chi connectivity index (χ2v) is 2.40. The fraction of sp³-hybridized carbons (Fsp3) is 0.857. The van der Waals surface area contributed by atoms with Crippen molar-refractivity contribution in [1.29, 1.82) is 0 Å². The molecule has 0 aliphatic heterocycles. The SMILES string of the molecule is NCCOCCOCC[NH+]=C(N)N. The lowest BCUT2D eigenvalue weighted by atomic mass is 10.6. The van der Waals surface area contributed by atoms with Gasteiger partial charge in [-0.05, 0) is 0 Å². The van der Waals surface area contributed by atoms with Crippen LogP contribution in [0.5, 0.6) is 0 Å². The number of nitrogens with one attached hydrogen (secondary N) is 1. The van der Waals surface area contributed by atoms with Gasteiger partial charge in [0.15, 0.2) is 0 Å². The molecule has 0 fully saturated rings. The lowest BCUT2D eigenvalue weighted by Crippen LogP contribution is -2.79. The molecule has 0 rings (SSSR count). The van der Waals surface area contributed by atoms with Crippen molar-refractivity contribution < 1.29 is 14.5 Å². The molecule has 0 saturated carbocycles. The van der Waals surface area contributed by atoms with Crippen molar-refractivity contribution in [2.24, 2.45) is 17.2 Å². The van der Waals surface area contributed by atoms with Crippen LogP contribution in [0.25, 0.3) is 0 Å². The van der Waals surface area contributed by atoms with E-state index in [1.807, 2.05) is 0 Å². The third-order valence-corrected chi connectivity index (χ3v) is 1.21. The number of hydrogen-bond donors (Lipinski definition) is 4. The van der Waals surface area contributed by atoms with Crippen molar-refractivity contribution in [2.45, 2.75) is 0 Å². The van der Waals surface area contributed by atoms with Crippen LogP contribution in [-0.4, -0.2) is 45.5 Å². The van der Waals surface area contributed by atoms with Gasteiger partial charge in [0.05, 0.1) is 33.0 Å². The minimum Gasteiger partial charge on any atom is -0.378 e. The Morgan fingerprint density at radius 3 is 2.15 bits per heavy atom. The molecule has 0 aliphatic rings. The average molecular weight is 191 g/mol. The van der Waals surface area contributed by atoms with Crippen molar-refractivity contribution in [3.05, 3.63) is 0 Å². The molecular formula is C7H19N4O2+. The molecule has 13 heavy (non-hydrogen) atoms. The summed E-state index contributed by atoms with van der Waals surface area (Å²) in [6.45, 7) is 3.42. The Morgan fingerprint density at radius 2 is 1.62 bits per heavy atom. The van der Waals surface area contributed by atoms with E-state index in [1.54, 1.807) is 0 Å². The topological polar surface area (TPSA) is 110 Å². The predicted octanol–water partition coefficient (Wildman–Crippen LogP) is -3.67. The molecule has 0 aromatic rings. The average Bonchev–Trinajstić information content (AvgIpc) is 2.09. The quantitative estimate of drug-likeness (QED) is 0.179. The largest absolute Gasteiger partial charge is 0.378 e. The zero-order valence-corrected chi connectivity index (χ0v) is 7.79. The highest BCUT2D eigenvalue weighted by Gasteiger charge is 1.89. The second-order valence-electron chi connectivity index (χ2n) is 2.40. The maximum atomic E-state index is 5.22. The summed E-state index contributed by atoms with van der Waals surface area (Å²) >= 11 is 0. The summed E-state index contributed by atoms with van der Waals surface area (Å²) in [6, 6.07) is 0. The third kappa shape index (κ3) is 11.1. The van der Waals surface area contributed by atoms with Gasteiger partial charge in [-0.2, -0.15) is 0 Å². The van der Waals surface area contributed by atoms with E-state index in [-0.39, 0.29) is 5.96 Å². The maximum Gasteiger partial charge on any atom is 0.338 e. The van der Waals surface area contributed by atoms with Crippen LogP contribution in [0.4, 0.5) is 0 Å². The first kappa shape index (κ1) is 12.2. The van der Waals surface area contributed by atoms with Crippen LogP contribution in [0.3, 0.4) is 0 Å². The molecule has 0 unspecified atom stereocenters. The summed E-state index contributed by atoms with van der Waals surface area (Å²) in [5.74, 6) is 0.211. The van der Waals surface area contributed by atoms with Gasteiger partial charge >= 0.3 is 5.96 Å². The smallest absolute Gasteiger partial charge is 0.338 e. The van der Waals surface area contributed by atoms with Crippen LogP contribution < -0.4 is 22.2 Å². The zero-order chi connectivity index (χ0) is 9.94. The molecular weight excluding hydrogens is 172 g/mol. The highest BCUT2D eigenvalue weighted by atomic mass is 16.5. The minimum atomic E-state index is 0.211. The van der Waals surface area contributed by atoms with Gasteiger partial charge < -0.3 is 15.2 Å². The van der Waals surface area contributed by atoms with E-state index < -0.39 is 0 Å². The number of nitrogens with two attached hydrogens (primary N) is 3. The summed E-state index contributed by atoms with van der Waals surface area (Å²) in [6.07, 6.45) is 0. The number of rotatable bonds is 8. The minimum absolute atomic E-state index is 0.211. The summed E-state index contributed by atoms with van der Waals surface area (Å²) in [7, 11) is 0. The summed E-state index contributed by atoms with van der Waals surface area (Å²) in [5, 5.41) is 0. The van der Waals surface area contributed by atoms with Gasteiger partial charge in [-0.3, -0.25) is 16.5 Å². The maximum absolute atomic E-state index is 5.22. The van der Waals surface area contributed by atoms with Gasteiger partial charge in [-0.15, -0.1) is 0 Å². The molecule has 0 amide bonds. The Labute approximate surface area is 78.1 Å². The molecule has 0 atom stereocenters. The fourth-order valence-electron chi connectivity index (χ4n) is 0.673. The van der Waals surface area contributed by atoms with Crippen molar-refractivity contribution in [3.63, 3.8) is 0 Å². The molecule has 78 valence electrons. The molecule has 0 saturated heterocycles. The Hall–Kier alpha value is -0.850. The molecule has 0 aromatic heterocycles. The summed E-state index contributed by atoms with van der Waals surface area (Å²) < 4.78 is 10.3. The van der Waals surface area contributed by atoms with Crippen LogP contribution in [0.1, 0.15) is 0 Å². The monoisotopic (exact) mass is 191 g/mol. The Morgan fingerprint density at radius 1 is 1.00 bits per heavy atom. The van der Waals surface area contributed by atoms with Crippen molar-refractivity contribution in [3.8, 4) is 0 Å². The first-order chi connectivity index (χ1) is 6.27. The third-order valence-electron chi connectivity index (χ3n) is 1.21. The van der Waals surface area contributed by atoms with Crippen molar-refractivity contribution in [2.75, 3.05) is 39.5 Å². The van der Waals surface area contributed by atoms with E-state index in [0.29, 0.717) is 39.5 Å². The number of hydrogen-bond acceptors (Lipinski definition) is 3. The van der Waals surface area contributed by atoms with Gasteiger partial charge in [0.1, 0.15) is 0 Å². The Kier molecular flexibility index (Phi) is 8.64. The first-order valence-corrected chi connectivity index (χ1v) is 4.24. The highest BCUT2D eigenvalue weighted by Crippen LogP contribution is 1.75. The molecule has 6 nitrogen and oxygen atoms in total. The van der Waals surface area contributed by atoms with Crippen LogP contribution in [0, 0.1) is 0 Å². The lowest BCUT2D eigenvalue weighted by molar-refractivity contribution is -0.463. The predicted molar refractivity (Wildman–Crippen MR) is 49.9 cm³/mol. The number of guanidine groups is 1. The van der Waals surface area contributed by atoms with Crippen molar-refractivity contribution >= 4 is 5.96 Å². The molecule has 0 aliphatic carbocycles. The van der Waals surface area contributed by atoms with E-state index in [9.17, 15) is 0 Å². The van der Waals surface area contributed by atoms with Crippen LogP contribution >= 0.6 is 0 Å². The van der Waals surface area contributed by atoms with E-state index >= 15 is 0 Å². The van der Waals surface area contributed by atoms with Gasteiger partial charge in [-0.1, -0.05) is 0 Å². The van der Waals surface area contributed by atoms with E-state index in [1.165, 1.54) is 0 Å². The summed E-state index contributed by atoms with van der Waals surface area (Å²) in [4.78, 5) is 2.73. The van der Waals surface area contributed by atoms with Crippen LogP contribution in [0.2, 0.25) is 0 Å². The van der Waals surface area contributed by atoms with Crippen LogP contribution in [-0.2, 0) is 9.47 Å². The van der Waals surface area contributed by atoms with Gasteiger partial charge in [0, 0.05) is 6.54 Å². The molecule has 0 heterocycles. The zero-order valence-electron chi connectivity index (χ0n) is 7.79. The summed E-state index contributed by atoms with van der Waals surface area (Å²) in [5.41, 5.74) is 15.5. The Balaban J connectivity index is 2.96. The van der Waals surface area contributed by atoms with Gasteiger partial charge in [-0.25, -0.2) is 0 Å². The van der Waals surface area contributed by atoms with E-state index in [4.69, 9.17) is 26.7 Å². The second kappa shape index (κ2) is 9.24. The number of ether oxygens (including phenoxy) is 2. The van der Waals surface area contributed by atoms with Crippen LogP contribution in [0.15, 0.2) is 0 Å². The van der Waals surface area contributed by atoms with Gasteiger partial charge in [0.25, 0.3) is 0 Å². The highest BCUT2D eigenvalue weighted by molar-refractivity contribution is 5.69. The Bertz CT molecular complexity index is 136. The van der Waals surface area contributed by atoms with E-state index in [2.05, 4.69) is 4.99 Å². The first-order valence-electron chi connectivity index (χ1n) is 4.24. The lowest BCUT2D eigenvalue weighted by Gasteiger charge is -2.02. The molecule has 0 radical (unpaired) electrons. The molecule has 6 heteroatoms. The van der Waals surface area contributed by atoms with E-state index in [0.717, 1.165) is 0 Å². The van der Waals surface area contributed by atoms with Crippen molar-refractivity contribution in [1.82, 2.24) is 0 Å². The standard InChI is InChI=1S/C7H18N4O2/c8-1-3-12-5-6-13-4-2-11-7(9)10/h1-6,8H2,(H4,9,10,11)/p+1. The molecule has 7 N–H and O–H groups in total. The molecule has 0 bridgehead atoms. The van der Waals surface area contributed by atoms with Gasteiger partial charge in [0.2, 0.25) is 0 Å². The molecule has 0 spiro atoms. The molecule has 0 aromatic carbocycles. The normalized spacial score (nSPS) is 9.92.